The largest absolute Gasteiger partial charge is 0.372 e. The Labute approximate surface area is 81.0 Å². The summed E-state index contributed by atoms with van der Waals surface area (Å²) in [7, 11) is 0. The molecule has 2 saturated heterocycles. The van der Waals surface area contributed by atoms with Crippen LogP contribution in [0.5, 0.6) is 0 Å². The first kappa shape index (κ1) is 9.47. The topological polar surface area (TPSA) is 21.3 Å². The van der Waals surface area contributed by atoms with E-state index in [9.17, 15) is 0 Å². The van der Waals surface area contributed by atoms with Crippen LogP contribution in [0.2, 0.25) is 0 Å². The Morgan fingerprint density at radius 3 is 2.31 bits per heavy atom. The maximum Gasteiger partial charge on any atom is 0.0930 e. The van der Waals surface area contributed by atoms with E-state index < -0.39 is 0 Å². The molecule has 2 fully saturated rings. The SMILES string of the molecule is CC(C)(C)C1CCC2(CNC2)OC1. The molecule has 76 valence electrons. The van der Waals surface area contributed by atoms with Gasteiger partial charge in [-0.05, 0) is 24.2 Å². The van der Waals surface area contributed by atoms with Crippen LogP contribution in [-0.4, -0.2) is 25.3 Å². The summed E-state index contributed by atoms with van der Waals surface area (Å²) >= 11 is 0. The lowest BCUT2D eigenvalue weighted by Gasteiger charge is -2.49. The number of rotatable bonds is 0. The van der Waals surface area contributed by atoms with E-state index in [0.717, 1.165) is 25.6 Å². The molecular weight excluding hydrogens is 162 g/mol. The van der Waals surface area contributed by atoms with Gasteiger partial charge in [-0.3, -0.25) is 0 Å². The van der Waals surface area contributed by atoms with Gasteiger partial charge >= 0.3 is 0 Å². The molecule has 1 atom stereocenters. The lowest BCUT2D eigenvalue weighted by molar-refractivity contribution is -0.143. The Morgan fingerprint density at radius 1 is 1.31 bits per heavy atom. The van der Waals surface area contributed by atoms with Gasteiger partial charge in [0.15, 0.2) is 0 Å². The maximum atomic E-state index is 5.98. The highest BCUT2D eigenvalue weighted by atomic mass is 16.5. The average molecular weight is 183 g/mol. The Balaban J connectivity index is 1.89. The molecule has 13 heavy (non-hydrogen) atoms. The molecular formula is C11H21NO. The fraction of sp³-hybridized carbons (Fsp3) is 1.00. The van der Waals surface area contributed by atoms with Crippen LogP contribution in [0.15, 0.2) is 0 Å². The molecule has 2 heteroatoms. The van der Waals surface area contributed by atoms with Crippen LogP contribution in [0, 0.1) is 11.3 Å². The first-order valence-electron chi connectivity index (χ1n) is 5.37. The van der Waals surface area contributed by atoms with Crippen molar-refractivity contribution in [3.63, 3.8) is 0 Å². The number of ether oxygens (including phenoxy) is 1. The van der Waals surface area contributed by atoms with Crippen LogP contribution in [0.25, 0.3) is 0 Å². The Bertz CT molecular complexity index is 181. The number of hydrogen-bond donors (Lipinski definition) is 1. The number of nitrogens with one attached hydrogen (secondary N) is 1. The van der Waals surface area contributed by atoms with Crippen LogP contribution in [0.3, 0.4) is 0 Å². The zero-order valence-electron chi connectivity index (χ0n) is 9.02. The van der Waals surface area contributed by atoms with Gasteiger partial charge in [0.25, 0.3) is 0 Å². The Hall–Kier alpha value is -0.0800. The first-order chi connectivity index (χ1) is 6.02. The molecule has 2 rings (SSSR count). The van der Waals surface area contributed by atoms with Crippen LogP contribution < -0.4 is 5.32 Å². The van der Waals surface area contributed by atoms with Gasteiger partial charge in [-0.2, -0.15) is 0 Å². The molecule has 2 nitrogen and oxygen atoms in total. The minimum atomic E-state index is 0.238. The van der Waals surface area contributed by atoms with Crippen LogP contribution in [0.1, 0.15) is 33.6 Å². The quantitative estimate of drug-likeness (QED) is 0.618. The highest BCUT2D eigenvalue weighted by molar-refractivity contribution is 4.98. The van der Waals surface area contributed by atoms with Crippen LogP contribution >= 0.6 is 0 Å². The fourth-order valence-corrected chi connectivity index (χ4v) is 2.24. The smallest absolute Gasteiger partial charge is 0.0930 e. The van der Waals surface area contributed by atoms with Crippen molar-refractivity contribution in [1.82, 2.24) is 5.32 Å². The maximum absolute atomic E-state index is 5.98. The van der Waals surface area contributed by atoms with Gasteiger partial charge < -0.3 is 10.1 Å². The van der Waals surface area contributed by atoms with E-state index in [1.54, 1.807) is 0 Å². The van der Waals surface area contributed by atoms with E-state index in [0.29, 0.717) is 5.41 Å². The molecule has 2 aliphatic heterocycles. The second-order valence-corrected chi connectivity index (χ2v) is 5.70. The molecule has 0 radical (unpaired) electrons. The molecule has 0 amide bonds. The highest BCUT2D eigenvalue weighted by Gasteiger charge is 2.43. The van der Waals surface area contributed by atoms with Crippen LogP contribution in [-0.2, 0) is 4.74 Å². The third kappa shape index (κ3) is 1.75. The lowest BCUT2D eigenvalue weighted by Crippen LogP contribution is -2.63. The third-order valence-corrected chi connectivity index (χ3v) is 3.66. The third-order valence-electron chi connectivity index (χ3n) is 3.66. The van der Waals surface area contributed by atoms with E-state index in [1.807, 2.05) is 0 Å². The van der Waals surface area contributed by atoms with Gasteiger partial charge in [0.1, 0.15) is 0 Å². The Kier molecular flexibility index (Phi) is 2.16. The molecule has 1 unspecified atom stereocenters. The minimum Gasteiger partial charge on any atom is -0.372 e. The second-order valence-electron chi connectivity index (χ2n) is 5.70. The van der Waals surface area contributed by atoms with Gasteiger partial charge in [-0.25, -0.2) is 0 Å². The molecule has 2 aliphatic rings. The number of hydrogen-bond acceptors (Lipinski definition) is 2. The molecule has 1 spiro atoms. The van der Waals surface area contributed by atoms with Gasteiger partial charge in [0.2, 0.25) is 0 Å². The zero-order valence-corrected chi connectivity index (χ0v) is 9.02. The summed E-state index contributed by atoms with van der Waals surface area (Å²) in [6.07, 6.45) is 2.59. The van der Waals surface area contributed by atoms with Crippen molar-refractivity contribution in [3.05, 3.63) is 0 Å². The van der Waals surface area contributed by atoms with Gasteiger partial charge in [-0.1, -0.05) is 20.8 Å². The zero-order chi connectivity index (χ0) is 9.53. The summed E-state index contributed by atoms with van der Waals surface area (Å²) in [6, 6.07) is 0. The standard InChI is InChI=1S/C11H21NO/c1-10(2,3)9-4-5-11(13-6-9)7-12-8-11/h9,12H,4-8H2,1-3H3. The van der Waals surface area contributed by atoms with Crippen molar-refractivity contribution in [3.8, 4) is 0 Å². The summed E-state index contributed by atoms with van der Waals surface area (Å²) in [5.41, 5.74) is 0.653. The van der Waals surface area contributed by atoms with E-state index in [1.165, 1.54) is 12.8 Å². The normalized spacial score (nSPS) is 33.0. The van der Waals surface area contributed by atoms with Gasteiger partial charge in [-0.15, -0.1) is 0 Å². The van der Waals surface area contributed by atoms with Crippen molar-refractivity contribution in [1.29, 1.82) is 0 Å². The first-order valence-corrected chi connectivity index (χ1v) is 5.37. The Morgan fingerprint density at radius 2 is 2.00 bits per heavy atom. The van der Waals surface area contributed by atoms with Crippen molar-refractivity contribution in [2.45, 2.75) is 39.2 Å². The molecule has 0 aromatic rings. The molecule has 0 aromatic heterocycles. The highest BCUT2D eigenvalue weighted by Crippen LogP contribution is 2.38. The van der Waals surface area contributed by atoms with Gasteiger partial charge in [0.05, 0.1) is 12.2 Å². The van der Waals surface area contributed by atoms with Crippen molar-refractivity contribution >= 4 is 0 Å². The predicted molar refractivity (Wildman–Crippen MR) is 53.7 cm³/mol. The summed E-state index contributed by atoms with van der Waals surface area (Å²) in [4.78, 5) is 0. The molecule has 0 aliphatic carbocycles. The monoisotopic (exact) mass is 183 g/mol. The van der Waals surface area contributed by atoms with E-state index in [2.05, 4.69) is 26.1 Å². The van der Waals surface area contributed by atoms with E-state index >= 15 is 0 Å². The molecule has 1 N–H and O–H groups in total. The minimum absolute atomic E-state index is 0.238. The summed E-state index contributed by atoms with van der Waals surface area (Å²) < 4.78 is 5.98. The van der Waals surface area contributed by atoms with E-state index in [-0.39, 0.29) is 5.60 Å². The second kappa shape index (κ2) is 2.96. The fourth-order valence-electron chi connectivity index (χ4n) is 2.24. The predicted octanol–water partition coefficient (Wildman–Crippen LogP) is 1.80. The van der Waals surface area contributed by atoms with Crippen molar-refractivity contribution in [2.75, 3.05) is 19.7 Å². The average Bonchev–Trinajstić information content (AvgIpc) is 2.00. The van der Waals surface area contributed by atoms with E-state index in [4.69, 9.17) is 4.74 Å². The summed E-state index contributed by atoms with van der Waals surface area (Å²) in [5.74, 6) is 0.749. The van der Waals surface area contributed by atoms with Crippen LogP contribution in [0.4, 0.5) is 0 Å². The van der Waals surface area contributed by atoms with Gasteiger partial charge in [0, 0.05) is 13.1 Å². The lowest BCUT2D eigenvalue weighted by atomic mass is 9.74. The molecule has 2 heterocycles. The summed E-state index contributed by atoms with van der Waals surface area (Å²) in [6.45, 7) is 10.1. The van der Waals surface area contributed by atoms with Crippen molar-refractivity contribution < 1.29 is 4.74 Å². The van der Waals surface area contributed by atoms with Crippen molar-refractivity contribution in [2.24, 2.45) is 11.3 Å². The molecule has 0 aromatic carbocycles. The summed E-state index contributed by atoms with van der Waals surface area (Å²) in [5, 5.41) is 3.30. The molecule has 0 saturated carbocycles. The molecule has 0 bridgehead atoms.